The summed E-state index contributed by atoms with van der Waals surface area (Å²) in [6.07, 6.45) is 0. The van der Waals surface area contributed by atoms with Crippen LogP contribution in [0.4, 0.5) is 0 Å². The molecule has 0 aliphatic carbocycles. The molecule has 0 unspecified atom stereocenters. The third kappa shape index (κ3) is 5.11. The SMILES string of the molecule is COc1ccc2[nH]c(=O)c(CN(Cc3cccs3)C(=S)NCC(C)C)cc2c1. The number of nitrogens with zero attached hydrogens (tertiary/aromatic N) is 1. The number of thiocarbonyl (C=S) groups is 1. The molecule has 3 rings (SSSR count). The summed E-state index contributed by atoms with van der Waals surface area (Å²) in [5.41, 5.74) is 1.37. The maximum atomic E-state index is 12.6. The molecule has 0 saturated heterocycles. The summed E-state index contributed by atoms with van der Waals surface area (Å²) in [6, 6.07) is 11.6. The van der Waals surface area contributed by atoms with E-state index in [4.69, 9.17) is 17.0 Å². The highest BCUT2D eigenvalue weighted by atomic mass is 32.1. The molecule has 2 N–H and O–H groups in total. The van der Waals surface area contributed by atoms with Gasteiger partial charge in [0.15, 0.2) is 5.11 Å². The molecule has 0 saturated carbocycles. The second kappa shape index (κ2) is 9.21. The first kappa shape index (κ1) is 20.4. The summed E-state index contributed by atoms with van der Waals surface area (Å²) in [6.45, 7) is 6.17. The Balaban J connectivity index is 1.89. The number of rotatable bonds is 7. The molecular weight excluding hydrogens is 390 g/mol. The van der Waals surface area contributed by atoms with Crippen molar-refractivity contribution >= 4 is 39.6 Å². The van der Waals surface area contributed by atoms with Gasteiger partial charge < -0.3 is 19.9 Å². The second-order valence-corrected chi connectivity index (χ2v) is 8.51. The van der Waals surface area contributed by atoms with Crippen LogP contribution >= 0.6 is 23.6 Å². The number of pyridine rings is 1. The van der Waals surface area contributed by atoms with Crippen LogP contribution in [0.25, 0.3) is 10.9 Å². The Bertz CT molecular complexity index is 997. The van der Waals surface area contributed by atoms with E-state index in [0.29, 0.717) is 29.7 Å². The summed E-state index contributed by atoms with van der Waals surface area (Å²) in [5.74, 6) is 1.24. The van der Waals surface area contributed by atoms with Gasteiger partial charge in [-0.05, 0) is 53.8 Å². The van der Waals surface area contributed by atoms with Gasteiger partial charge in [0.1, 0.15) is 5.75 Å². The molecular formula is C21H25N3O2S2. The number of aromatic amines is 1. The lowest BCUT2D eigenvalue weighted by Crippen LogP contribution is -2.41. The van der Waals surface area contributed by atoms with Gasteiger partial charge in [0.25, 0.3) is 5.56 Å². The summed E-state index contributed by atoms with van der Waals surface area (Å²) in [7, 11) is 1.63. The van der Waals surface area contributed by atoms with Crippen LogP contribution in [0.1, 0.15) is 24.3 Å². The highest BCUT2D eigenvalue weighted by molar-refractivity contribution is 7.80. The molecule has 2 aromatic heterocycles. The molecule has 0 aliphatic heterocycles. The Labute approximate surface area is 174 Å². The van der Waals surface area contributed by atoms with Crippen molar-refractivity contribution < 1.29 is 4.74 Å². The van der Waals surface area contributed by atoms with E-state index in [1.54, 1.807) is 18.4 Å². The van der Waals surface area contributed by atoms with Crippen molar-refractivity contribution in [1.29, 1.82) is 0 Å². The van der Waals surface area contributed by atoms with Crippen LogP contribution in [0.15, 0.2) is 46.6 Å². The molecule has 7 heteroatoms. The minimum absolute atomic E-state index is 0.0968. The van der Waals surface area contributed by atoms with Gasteiger partial charge in [-0.25, -0.2) is 0 Å². The maximum Gasteiger partial charge on any atom is 0.253 e. The van der Waals surface area contributed by atoms with Crippen molar-refractivity contribution in [2.45, 2.75) is 26.9 Å². The lowest BCUT2D eigenvalue weighted by Gasteiger charge is -2.26. The van der Waals surface area contributed by atoms with Crippen LogP contribution in [0.3, 0.4) is 0 Å². The van der Waals surface area contributed by atoms with Crippen LogP contribution < -0.4 is 15.6 Å². The number of ether oxygens (including phenoxy) is 1. The van der Waals surface area contributed by atoms with E-state index in [2.05, 4.69) is 30.2 Å². The minimum atomic E-state index is -0.0968. The zero-order chi connectivity index (χ0) is 20.1. The Kier molecular flexibility index (Phi) is 6.70. The van der Waals surface area contributed by atoms with E-state index >= 15 is 0 Å². The smallest absolute Gasteiger partial charge is 0.253 e. The molecule has 0 radical (unpaired) electrons. The average Bonchev–Trinajstić information content (AvgIpc) is 3.18. The largest absolute Gasteiger partial charge is 0.497 e. The van der Waals surface area contributed by atoms with Gasteiger partial charge in [-0.2, -0.15) is 0 Å². The Morgan fingerprint density at radius 3 is 2.79 bits per heavy atom. The maximum absolute atomic E-state index is 12.6. The first-order valence-corrected chi connectivity index (χ1v) is 10.5. The van der Waals surface area contributed by atoms with Gasteiger partial charge in [-0.1, -0.05) is 19.9 Å². The Morgan fingerprint density at radius 2 is 2.11 bits per heavy atom. The highest BCUT2D eigenvalue weighted by Crippen LogP contribution is 2.20. The van der Waals surface area contributed by atoms with Crippen molar-refractivity contribution in [1.82, 2.24) is 15.2 Å². The number of thiophene rings is 1. The quantitative estimate of drug-likeness (QED) is 0.568. The van der Waals surface area contributed by atoms with Crippen molar-refractivity contribution in [3.63, 3.8) is 0 Å². The van der Waals surface area contributed by atoms with Gasteiger partial charge in [0, 0.05) is 27.9 Å². The molecule has 0 fully saturated rings. The van der Waals surface area contributed by atoms with E-state index in [-0.39, 0.29) is 5.56 Å². The van der Waals surface area contributed by atoms with Gasteiger partial charge in [-0.15, -0.1) is 11.3 Å². The van der Waals surface area contributed by atoms with E-state index < -0.39 is 0 Å². The minimum Gasteiger partial charge on any atom is -0.497 e. The van der Waals surface area contributed by atoms with Crippen LogP contribution in [-0.4, -0.2) is 28.7 Å². The fraction of sp³-hybridized carbons (Fsp3) is 0.333. The molecule has 0 spiro atoms. The lowest BCUT2D eigenvalue weighted by atomic mass is 10.1. The topological polar surface area (TPSA) is 57.4 Å². The monoisotopic (exact) mass is 415 g/mol. The van der Waals surface area contributed by atoms with Crippen molar-refractivity contribution in [2.75, 3.05) is 13.7 Å². The van der Waals surface area contributed by atoms with Crippen LogP contribution in [0.5, 0.6) is 5.75 Å². The molecule has 1 aromatic carbocycles. The summed E-state index contributed by atoms with van der Waals surface area (Å²) in [5, 5.41) is 6.96. The average molecular weight is 416 g/mol. The zero-order valence-corrected chi connectivity index (χ0v) is 18.0. The molecule has 2 heterocycles. The van der Waals surface area contributed by atoms with Crippen molar-refractivity contribution in [3.8, 4) is 5.75 Å². The lowest BCUT2D eigenvalue weighted by molar-refractivity contribution is 0.397. The van der Waals surface area contributed by atoms with Gasteiger partial charge >= 0.3 is 0 Å². The summed E-state index contributed by atoms with van der Waals surface area (Å²) in [4.78, 5) is 18.8. The molecule has 0 amide bonds. The van der Waals surface area contributed by atoms with E-state index in [1.165, 1.54) is 4.88 Å². The third-order valence-corrected chi connectivity index (χ3v) is 5.63. The molecule has 3 aromatic rings. The number of fused-ring (bicyclic) bond motifs is 1. The fourth-order valence-electron chi connectivity index (χ4n) is 2.87. The van der Waals surface area contributed by atoms with Crippen LogP contribution in [0, 0.1) is 5.92 Å². The Morgan fingerprint density at radius 1 is 1.29 bits per heavy atom. The fourth-order valence-corrected chi connectivity index (χ4v) is 3.81. The normalized spacial score (nSPS) is 11.0. The zero-order valence-electron chi connectivity index (χ0n) is 16.3. The van der Waals surface area contributed by atoms with Crippen LogP contribution in [-0.2, 0) is 13.1 Å². The van der Waals surface area contributed by atoms with Crippen LogP contribution in [0.2, 0.25) is 0 Å². The van der Waals surface area contributed by atoms with E-state index in [9.17, 15) is 4.79 Å². The van der Waals surface area contributed by atoms with E-state index in [1.807, 2.05) is 40.6 Å². The number of H-pyrrole nitrogens is 1. The number of methoxy groups -OCH3 is 1. The van der Waals surface area contributed by atoms with Crippen molar-refractivity contribution in [2.24, 2.45) is 5.92 Å². The predicted molar refractivity (Wildman–Crippen MR) is 120 cm³/mol. The second-order valence-electron chi connectivity index (χ2n) is 7.09. The summed E-state index contributed by atoms with van der Waals surface area (Å²) < 4.78 is 5.30. The van der Waals surface area contributed by atoms with Crippen molar-refractivity contribution in [3.05, 3.63) is 62.6 Å². The number of nitrogens with one attached hydrogen (secondary N) is 2. The van der Waals surface area contributed by atoms with E-state index in [0.717, 1.165) is 23.2 Å². The molecule has 28 heavy (non-hydrogen) atoms. The number of hydrogen-bond donors (Lipinski definition) is 2. The number of hydrogen-bond acceptors (Lipinski definition) is 4. The molecule has 0 atom stereocenters. The molecule has 5 nitrogen and oxygen atoms in total. The first-order valence-electron chi connectivity index (χ1n) is 9.21. The number of benzene rings is 1. The molecule has 0 aliphatic rings. The number of aromatic nitrogens is 1. The van der Waals surface area contributed by atoms with Gasteiger partial charge in [-0.3, -0.25) is 4.79 Å². The van der Waals surface area contributed by atoms with Gasteiger partial charge in [0.05, 0.1) is 20.2 Å². The standard InChI is InChI=1S/C21H25N3O2S2/c1-14(2)11-22-21(27)24(13-18-5-4-8-28-18)12-16-9-15-10-17(26-3)6-7-19(15)23-20(16)25/h4-10,14H,11-13H2,1-3H3,(H,22,27)(H,23,25). The Hall–Kier alpha value is -2.38. The molecule has 148 valence electrons. The highest BCUT2D eigenvalue weighted by Gasteiger charge is 2.15. The molecule has 0 bridgehead atoms. The van der Waals surface area contributed by atoms with Gasteiger partial charge in [0.2, 0.25) is 0 Å². The summed E-state index contributed by atoms with van der Waals surface area (Å²) >= 11 is 7.32. The first-order chi connectivity index (χ1) is 13.5. The predicted octanol–water partition coefficient (Wildman–Crippen LogP) is 4.13. The third-order valence-electron chi connectivity index (χ3n) is 4.37.